The summed E-state index contributed by atoms with van der Waals surface area (Å²) in [7, 11) is 0. The normalized spacial score (nSPS) is 9.74. The average molecular weight is 286 g/mol. The SMILES string of the molecule is Cl.NCCCCCC(=O)OCCCc1ccccc1. The molecule has 3 nitrogen and oxygen atoms in total. The van der Waals surface area contributed by atoms with E-state index in [1.165, 1.54) is 5.56 Å². The molecule has 0 aromatic heterocycles. The van der Waals surface area contributed by atoms with Crippen molar-refractivity contribution in [3.63, 3.8) is 0 Å². The molecule has 0 aliphatic rings. The van der Waals surface area contributed by atoms with Gasteiger partial charge in [-0.1, -0.05) is 36.8 Å². The molecule has 0 heterocycles. The number of carbonyl (C=O) groups excluding carboxylic acids is 1. The van der Waals surface area contributed by atoms with Crippen LogP contribution in [0.5, 0.6) is 0 Å². The first-order valence-corrected chi connectivity index (χ1v) is 6.72. The molecule has 0 saturated heterocycles. The summed E-state index contributed by atoms with van der Waals surface area (Å²) in [5, 5.41) is 0. The number of ether oxygens (including phenoxy) is 1. The number of carbonyl (C=O) groups is 1. The second kappa shape index (κ2) is 12.0. The molecule has 19 heavy (non-hydrogen) atoms. The van der Waals surface area contributed by atoms with Gasteiger partial charge in [0.2, 0.25) is 0 Å². The molecule has 108 valence electrons. The molecule has 0 unspecified atom stereocenters. The molecule has 1 aromatic carbocycles. The van der Waals surface area contributed by atoms with Gasteiger partial charge in [0, 0.05) is 6.42 Å². The third-order valence-electron chi connectivity index (χ3n) is 2.80. The first-order chi connectivity index (χ1) is 8.83. The van der Waals surface area contributed by atoms with Gasteiger partial charge in [-0.05, 0) is 37.8 Å². The van der Waals surface area contributed by atoms with Crippen molar-refractivity contribution in [2.45, 2.75) is 38.5 Å². The summed E-state index contributed by atoms with van der Waals surface area (Å²) in [4.78, 5) is 11.4. The summed E-state index contributed by atoms with van der Waals surface area (Å²) >= 11 is 0. The van der Waals surface area contributed by atoms with Crippen molar-refractivity contribution < 1.29 is 9.53 Å². The van der Waals surface area contributed by atoms with Crippen LogP contribution < -0.4 is 5.73 Å². The number of hydrogen-bond acceptors (Lipinski definition) is 3. The molecule has 0 spiro atoms. The lowest BCUT2D eigenvalue weighted by molar-refractivity contribution is -0.143. The van der Waals surface area contributed by atoms with Gasteiger partial charge < -0.3 is 10.5 Å². The van der Waals surface area contributed by atoms with Crippen LogP contribution in [-0.2, 0) is 16.0 Å². The van der Waals surface area contributed by atoms with Crippen molar-refractivity contribution in [2.24, 2.45) is 5.73 Å². The molecular weight excluding hydrogens is 262 g/mol. The molecule has 0 saturated carbocycles. The minimum atomic E-state index is -0.0833. The molecular formula is C15H24ClNO2. The fourth-order valence-electron chi connectivity index (χ4n) is 1.77. The second-order valence-corrected chi connectivity index (χ2v) is 4.41. The van der Waals surface area contributed by atoms with Crippen molar-refractivity contribution in [1.29, 1.82) is 0 Å². The Kier molecular flexibility index (Phi) is 11.3. The van der Waals surface area contributed by atoms with E-state index in [1.807, 2.05) is 18.2 Å². The lowest BCUT2D eigenvalue weighted by Crippen LogP contribution is -2.07. The minimum absolute atomic E-state index is 0. The van der Waals surface area contributed by atoms with Crippen LogP contribution in [0.25, 0.3) is 0 Å². The number of nitrogens with two attached hydrogens (primary N) is 1. The predicted molar refractivity (Wildman–Crippen MR) is 80.5 cm³/mol. The Morgan fingerprint density at radius 1 is 1.05 bits per heavy atom. The van der Waals surface area contributed by atoms with Crippen molar-refractivity contribution in [1.82, 2.24) is 0 Å². The molecule has 0 radical (unpaired) electrons. The van der Waals surface area contributed by atoms with E-state index in [0.29, 0.717) is 19.6 Å². The summed E-state index contributed by atoms with van der Waals surface area (Å²) < 4.78 is 5.17. The number of benzene rings is 1. The molecule has 4 heteroatoms. The number of halogens is 1. The molecule has 0 amide bonds. The van der Waals surface area contributed by atoms with Gasteiger partial charge in [-0.15, -0.1) is 12.4 Å². The quantitative estimate of drug-likeness (QED) is 0.560. The Morgan fingerprint density at radius 2 is 1.79 bits per heavy atom. The summed E-state index contributed by atoms with van der Waals surface area (Å²) in [6, 6.07) is 10.2. The smallest absolute Gasteiger partial charge is 0.305 e. The van der Waals surface area contributed by atoms with Crippen LogP contribution in [0, 0.1) is 0 Å². The lowest BCUT2D eigenvalue weighted by atomic mass is 10.1. The molecule has 0 aliphatic heterocycles. The number of esters is 1. The van der Waals surface area contributed by atoms with Crippen LogP contribution in [-0.4, -0.2) is 19.1 Å². The highest BCUT2D eigenvalue weighted by atomic mass is 35.5. The molecule has 0 atom stereocenters. The Balaban J connectivity index is 0.00000324. The first-order valence-electron chi connectivity index (χ1n) is 6.72. The van der Waals surface area contributed by atoms with Crippen LogP contribution >= 0.6 is 12.4 Å². The zero-order valence-corrected chi connectivity index (χ0v) is 12.2. The molecule has 0 fully saturated rings. The highest BCUT2D eigenvalue weighted by Gasteiger charge is 2.02. The summed E-state index contributed by atoms with van der Waals surface area (Å²) in [6.07, 6.45) is 5.25. The van der Waals surface area contributed by atoms with E-state index in [-0.39, 0.29) is 18.4 Å². The van der Waals surface area contributed by atoms with E-state index < -0.39 is 0 Å². The van der Waals surface area contributed by atoms with Gasteiger partial charge in [0.25, 0.3) is 0 Å². The second-order valence-electron chi connectivity index (χ2n) is 4.41. The van der Waals surface area contributed by atoms with E-state index in [0.717, 1.165) is 32.1 Å². The van der Waals surface area contributed by atoms with E-state index in [1.54, 1.807) is 0 Å². The molecule has 0 aliphatic carbocycles. The standard InChI is InChI=1S/C15H23NO2.ClH/c16-12-6-2-5-11-15(17)18-13-7-10-14-8-3-1-4-9-14;/h1,3-4,8-9H,2,5-7,10-13,16H2;1H. The first kappa shape index (κ1) is 17.9. The molecule has 0 bridgehead atoms. The van der Waals surface area contributed by atoms with Gasteiger partial charge in [-0.3, -0.25) is 4.79 Å². The van der Waals surface area contributed by atoms with Gasteiger partial charge in [-0.2, -0.15) is 0 Å². The van der Waals surface area contributed by atoms with Crippen LogP contribution in [0.4, 0.5) is 0 Å². The van der Waals surface area contributed by atoms with Gasteiger partial charge >= 0.3 is 5.97 Å². The zero-order chi connectivity index (χ0) is 13.1. The average Bonchev–Trinajstić information content (AvgIpc) is 2.41. The van der Waals surface area contributed by atoms with E-state index in [2.05, 4.69) is 12.1 Å². The summed E-state index contributed by atoms with van der Waals surface area (Å²) in [5.41, 5.74) is 6.67. The highest BCUT2D eigenvalue weighted by Crippen LogP contribution is 2.04. The molecule has 1 aromatic rings. The van der Waals surface area contributed by atoms with Crippen LogP contribution in [0.15, 0.2) is 30.3 Å². The van der Waals surface area contributed by atoms with E-state index in [4.69, 9.17) is 10.5 Å². The van der Waals surface area contributed by atoms with Gasteiger partial charge in [0.1, 0.15) is 0 Å². The Morgan fingerprint density at radius 3 is 2.47 bits per heavy atom. The number of hydrogen-bond donors (Lipinski definition) is 1. The third-order valence-corrected chi connectivity index (χ3v) is 2.80. The summed E-state index contributed by atoms with van der Waals surface area (Å²) in [5.74, 6) is -0.0833. The van der Waals surface area contributed by atoms with E-state index >= 15 is 0 Å². The summed E-state index contributed by atoms with van der Waals surface area (Å²) in [6.45, 7) is 1.22. The minimum Gasteiger partial charge on any atom is -0.466 e. The van der Waals surface area contributed by atoms with Crippen molar-refractivity contribution in [2.75, 3.05) is 13.2 Å². The third kappa shape index (κ3) is 9.51. The number of rotatable bonds is 9. The molecule has 1 rings (SSSR count). The Labute approximate surface area is 121 Å². The van der Waals surface area contributed by atoms with Crippen molar-refractivity contribution >= 4 is 18.4 Å². The Bertz CT molecular complexity index is 330. The maximum atomic E-state index is 11.4. The fraction of sp³-hybridized carbons (Fsp3) is 0.533. The maximum absolute atomic E-state index is 11.4. The Hall–Kier alpha value is -1.06. The maximum Gasteiger partial charge on any atom is 0.305 e. The zero-order valence-electron chi connectivity index (χ0n) is 11.3. The molecule has 2 N–H and O–H groups in total. The van der Waals surface area contributed by atoms with Crippen molar-refractivity contribution in [3.8, 4) is 0 Å². The lowest BCUT2D eigenvalue weighted by Gasteiger charge is -2.05. The largest absolute Gasteiger partial charge is 0.466 e. The van der Waals surface area contributed by atoms with Crippen LogP contribution in [0.1, 0.15) is 37.7 Å². The van der Waals surface area contributed by atoms with Crippen LogP contribution in [0.3, 0.4) is 0 Å². The van der Waals surface area contributed by atoms with Gasteiger partial charge in [0.15, 0.2) is 0 Å². The fourth-order valence-corrected chi connectivity index (χ4v) is 1.77. The van der Waals surface area contributed by atoms with E-state index in [9.17, 15) is 4.79 Å². The predicted octanol–water partition coefficient (Wildman–Crippen LogP) is 3.10. The number of unbranched alkanes of at least 4 members (excludes halogenated alkanes) is 2. The van der Waals surface area contributed by atoms with Crippen molar-refractivity contribution in [3.05, 3.63) is 35.9 Å². The topological polar surface area (TPSA) is 52.3 Å². The van der Waals surface area contributed by atoms with Gasteiger partial charge in [-0.25, -0.2) is 0 Å². The van der Waals surface area contributed by atoms with Crippen LogP contribution in [0.2, 0.25) is 0 Å². The number of aryl methyl sites for hydroxylation is 1. The van der Waals surface area contributed by atoms with Gasteiger partial charge in [0.05, 0.1) is 6.61 Å². The highest BCUT2D eigenvalue weighted by molar-refractivity contribution is 5.85. The monoisotopic (exact) mass is 285 g/mol.